The van der Waals surface area contributed by atoms with E-state index < -0.39 is 0 Å². The number of halogens is 2. The number of hydrogen-bond donors (Lipinski definition) is 1. The van der Waals surface area contributed by atoms with Crippen LogP contribution >= 0.6 is 27.5 Å². The van der Waals surface area contributed by atoms with Crippen LogP contribution in [0.4, 0.5) is 5.82 Å². The molecule has 2 aliphatic heterocycles. The molecule has 3 rings (SSSR count). The van der Waals surface area contributed by atoms with Gasteiger partial charge in [-0.15, -0.1) is 0 Å². The quantitative estimate of drug-likeness (QED) is 0.849. The first-order valence-electron chi connectivity index (χ1n) is 6.50. The molecule has 0 aromatic carbocycles. The van der Waals surface area contributed by atoms with E-state index in [1.165, 1.54) is 19.4 Å². The molecule has 2 atom stereocenters. The van der Waals surface area contributed by atoms with Crippen LogP contribution in [-0.2, 0) is 4.74 Å². The highest BCUT2D eigenvalue weighted by Crippen LogP contribution is 2.24. The molecular formula is C12H16BrClN4O. The highest BCUT2D eigenvalue weighted by atomic mass is 79.9. The fourth-order valence-electron chi connectivity index (χ4n) is 2.69. The third-order valence-corrected chi connectivity index (χ3v) is 4.44. The molecule has 19 heavy (non-hydrogen) atoms. The van der Waals surface area contributed by atoms with Crippen molar-refractivity contribution in [3.63, 3.8) is 0 Å². The Labute approximate surface area is 125 Å². The summed E-state index contributed by atoms with van der Waals surface area (Å²) in [5.74, 6) is 0.715. The first-order valence-corrected chi connectivity index (χ1v) is 7.67. The van der Waals surface area contributed by atoms with Crippen molar-refractivity contribution in [1.29, 1.82) is 0 Å². The summed E-state index contributed by atoms with van der Waals surface area (Å²) in [7, 11) is 0. The number of rotatable bonds is 3. The summed E-state index contributed by atoms with van der Waals surface area (Å²) >= 11 is 9.19. The van der Waals surface area contributed by atoms with Crippen LogP contribution in [0.15, 0.2) is 10.7 Å². The second kappa shape index (κ2) is 5.91. The molecule has 0 aliphatic carbocycles. The molecule has 3 heterocycles. The fourth-order valence-corrected chi connectivity index (χ4v) is 3.15. The summed E-state index contributed by atoms with van der Waals surface area (Å²) in [6.07, 6.45) is 4.42. The maximum Gasteiger partial charge on any atom is 0.224 e. The summed E-state index contributed by atoms with van der Waals surface area (Å²) in [6.45, 7) is 3.77. The van der Waals surface area contributed by atoms with Gasteiger partial charge in [-0.3, -0.25) is 4.90 Å². The Balaban J connectivity index is 1.56. The molecule has 1 N–H and O–H groups in total. The summed E-state index contributed by atoms with van der Waals surface area (Å²) in [4.78, 5) is 10.6. The van der Waals surface area contributed by atoms with Gasteiger partial charge in [0.1, 0.15) is 5.82 Å². The van der Waals surface area contributed by atoms with E-state index in [0.717, 1.165) is 24.2 Å². The normalized spacial score (nSPS) is 27.3. The predicted octanol–water partition coefficient (Wildman–Crippen LogP) is 2.17. The minimum absolute atomic E-state index is 0.204. The Kier molecular flexibility index (Phi) is 4.21. The highest BCUT2D eigenvalue weighted by molar-refractivity contribution is 9.10. The number of ether oxygens (including phenoxy) is 1. The Hall–Kier alpha value is -0.430. The van der Waals surface area contributed by atoms with Crippen molar-refractivity contribution in [2.24, 2.45) is 0 Å². The van der Waals surface area contributed by atoms with Gasteiger partial charge >= 0.3 is 0 Å². The molecule has 0 bridgehead atoms. The summed E-state index contributed by atoms with van der Waals surface area (Å²) in [5.41, 5.74) is 0. The Morgan fingerprint density at radius 3 is 3.37 bits per heavy atom. The van der Waals surface area contributed by atoms with Gasteiger partial charge in [0.05, 0.1) is 17.2 Å². The lowest BCUT2D eigenvalue weighted by molar-refractivity contribution is -0.0416. The van der Waals surface area contributed by atoms with E-state index in [1.807, 2.05) is 0 Å². The number of hydrogen-bond acceptors (Lipinski definition) is 5. The first-order chi connectivity index (χ1) is 9.22. The number of nitrogens with one attached hydrogen (secondary N) is 1. The molecular weight excluding hydrogens is 332 g/mol. The second-order valence-electron chi connectivity index (χ2n) is 4.96. The van der Waals surface area contributed by atoms with Crippen molar-refractivity contribution in [3.05, 3.63) is 16.0 Å². The van der Waals surface area contributed by atoms with Gasteiger partial charge in [0.2, 0.25) is 5.28 Å². The van der Waals surface area contributed by atoms with E-state index in [9.17, 15) is 0 Å². The molecule has 1 aromatic rings. The maximum absolute atomic E-state index is 5.89. The molecule has 2 saturated heterocycles. The second-order valence-corrected chi connectivity index (χ2v) is 6.16. The van der Waals surface area contributed by atoms with Gasteiger partial charge in [0, 0.05) is 25.3 Å². The summed E-state index contributed by atoms with van der Waals surface area (Å²) < 4.78 is 6.70. The zero-order valence-electron chi connectivity index (χ0n) is 10.5. The Morgan fingerprint density at radius 1 is 1.58 bits per heavy atom. The van der Waals surface area contributed by atoms with Crippen molar-refractivity contribution in [2.75, 3.05) is 31.6 Å². The van der Waals surface area contributed by atoms with E-state index >= 15 is 0 Å². The molecule has 0 spiro atoms. The molecule has 7 heteroatoms. The minimum atomic E-state index is 0.204. The molecule has 0 radical (unpaired) electrons. The van der Waals surface area contributed by atoms with Crippen LogP contribution in [0.5, 0.6) is 0 Å². The lowest BCUT2D eigenvalue weighted by Gasteiger charge is -2.35. The van der Waals surface area contributed by atoms with E-state index in [4.69, 9.17) is 16.3 Å². The van der Waals surface area contributed by atoms with Crippen LogP contribution in [-0.4, -0.2) is 53.3 Å². The van der Waals surface area contributed by atoms with Crippen molar-refractivity contribution < 1.29 is 4.74 Å². The SMILES string of the molecule is Clc1ncc(Br)c(NCC2CN3CCCC3CO2)n1. The van der Waals surface area contributed by atoms with Crippen molar-refractivity contribution in [3.8, 4) is 0 Å². The van der Waals surface area contributed by atoms with Gasteiger partial charge in [0.15, 0.2) is 0 Å². The molecule has 0 saturated carbocycles. The van der Waals surface area contributed by atoms with E-state index in [-0.39, 0.29) is 11.4 Å². The molecule has 0 amide bonds. The van der Waals surface area contributed by atoms with E-state index in [0.29, 0.717) is 11.9 Å². The van der Waals surface area contributed by atoms with Crippen LogP contribution in [0.1, 0.15) is 12.8 Å². The average molecular weight is 348 g/mol. The predicted molar refractivity (Wildman–Crippen MR) is 77.6 cm³/mol. The Morgan fingerprint density at radius 2 is 2.47 bits per heavy atom. The van der Waals surface area contributed by atoms with Gasteiger partial charge in [-0.2, -0.15) is 4.98 Å². The summed E-state index contributed by atoms with van der Waals surface area (Å²) in [6, 6.07) is 0.636. The smallest absolute Gasteiger partial charge is 0.224 e. The van der Waals surface area contributed by atoms with Crippen LogP contribution in [0, 0.1) is 0 Å². The summed E-state index contributed by atoms with van der Waals surface area (Å²) in [5, 5.41) is 3.51. The molecule has 5 nitrogen and oxygen atoms in total. The average Bonchev–Trinajstić information content (AvgIpc) is 2.87. The van der Waals surface area contributed by atoms with Gasteiger partial charge in [0.25, 0.3) is 0 Å². The number of fused-ring (bicyclic) bond motifs is 1. The topological polar surface area (TPSA) is 50.3 Å². The third kappa shape index (κ3) is 3.18. The lowest BCUT2D eigenvalue weighted by Crippen LogP contribution is -2.48. The van der Waals surface area contributed by atoms with E-state index in [1.54, 1.807) is 6.20 Å². The zero-order valence-corrected chi connectivity index (χ0v) is 12.8. The first kappa shape index (κ1) is 13.5. The van der Waals surface area contributed by atoms with Crippen LogP contribution in [0.25, 0.3) is 0 Å². The maximum atomic E-state index is 5.89. The van der Waals surface area contributed by atoms with Crippen LogP contribution in [0.2, 0.25) is 5.28 Å². The van der Waals surface area contributed by atoms with Crippen molar-refractivity contribution in [2.45, 2.75) is 25.0 Å². The van der Waals surface area contributed by atoms with Crippen LogP contribution in [0.3, 0.4) is 0 Å². The van der Waals surface area contributed by atoms with Gasteiger partial charge in [-0.1, -0.05) is 0 Å². The molecule has 104 valence electrons. The highest BCUT2D eigenvalue weighted by Gasteiger charge is 2.32. The molecule has 2 fully saturated rings. The van der Waals surface area contributed by atoms with Gasteiger partial charge in [-0.05, 0) is 46.9 Å². The number of anilines is 1. The molecule has 1 aromatic heterocycles. The monoisotopic (exact) mass is 346 g/mol. The number of nitrogens with zero attached hydrogens (tertiary/aromatic N) is 3. The Bertz CT molecular complexity index is 461. The van der Waals surface area contributed by atoms with Crippen LogP contribution < -0.4 is 5.32 Å². The molecule has 2 aliphatic rings. The van der Waals surface area contributed by atoms with Crippen molar-refractivity contribution >= 4 is 33.3 Å². The third-order valence-electron chi connectivity index (χ3n) is 3.67. The largest absolute Gasteiger partial charge is 0.373 e. The van der Waals surface area contributed by atoms with Gasteiger partial charge in [-0.25, -0.2) is 4.98 Å². The molecule has 2 unspecified atom stereocenters. The fraction of sp³-hybridized carbons (Fsp3) is 0.667. The minimum Gasteiger partial charge on any atom is -0.373 e. The van der Waals surface area contributed by atoms with Gasteiger partial charge < -0.3 is 10.1 Å². The standard InChI is InChI=1S/C12H16BrClN4O/c13-10-5-16-12(14)17-11(10)15-4-9-6-18-3-1-2-8(18)7-19-9/h5,8-9H,1-4,6-7H2,(H,15,16,17). The number of aromatic nitrogens is 2. The number of morpholine rings is 1. The lowest BCUT2D eigenvalue weighted by atomic mass is 10.2. The van der Waals surface area contributed by atoms with Crippen molar-refractivity contribution in [1.82, 2.24) is 14.9 Å². The van der Waals surface area contributed by atoms with E-state index in [2.05, 4.69) is 36.1 Å². The zero-order chi connectivity index (χ0) is 13.2.